The van der Waals surface area contributed by atoms with Crippen molar-refractivity contribution < 1.29 is 9.31 Å². The van der Waals surface area contributed by atoms with Gasteiger partial charge in [-0.05, 0) is 50.2 Å². The Hall–Kier alpha value is -1.30. The van der Waals surface area contributed by atoms with Gasteiger partial charge in [-0.15, -0.1) is 0 Å². The Kier molecular flexibility index (Phi) is 4.30. The minimum absolute atomic E-state index is 0.345. The number of aromatic nitrogens is 1. The molecule has 1 saturated heterocycles. The van der Waals surface area contributed by atoms with Gasteiger partial charge in [-0.25, -0.2) is 0 Å². The van der Waals surface area contributed by atoms with E-state index >= 15 is 0 Å². The average Bonchev–Trinajstić information content (AvgIpc) is 2.73. The lowest BCUT2D eigenvalue weighted by Gasteiger charge is -2.32. The summed E-state index contributed by atoms with van der Waals surface area (Å²) in [5.41, 5.74) is 1.46. The molecule has 1 aromatic heterocycles. The number of hydrogen-bond acceptors (Lipinski definition) is 4. The summed E-state index contributed by atoms with van der Waals surface area (Å²) in [4.78, 5) is 4.18. The number of fused-ring (bicyclic) bond motifs is 1. The van der Waals surface area contributed by atoms with Crippen molar-refractivity contribution in [1.82, 2.24) is 4.98 Å². The van der Waals surface area contributed by atoms with Crippen LogP contribution < -0.4 is 0 Å². The molecular weight excluding hydrogens is 305 g/mol. The van der Waals surface area contributed by atoms with Crippen molar-refractivity contribution in [2.24, 2.45) is 0 Å². The molecule has 2 heterocycles. The normalized spacial score (nSPS) is 20.2. The summed E-state index contributed by atoms with van der Waals surface area (Å²) in [5, 5.41) is 2.28. The molecule has 1 aliphatic heterocycles. The highest BCUT2D eigenvalue weighted by Crippen LogP contribution is 2.39. The number of nitrogens with zero attached hydrogens (tertiary/aromatic N) is 1. The van der Waals surface area contributed by atoms with Gasteiger partial charge in [-0.2, -0.15) is 12.6 Å². The summed E-state index contributed by atoms with van der Waals surface area (Å²) in [7, 11) is -0.366. The van der Waals surface area contributed by atoms with E-state index in [9.17, 15) is 0 Å². The maximum absolute atomic E-state index is 6.15. The van der Waals surface area contributed by atoms with Crippen molar-refractivity contribution in [3.05, 3.63) is 47.7 Å². The predicted molar refractivity (Wildman–Crippen MR) is 99.7 cm³/mol. The molecule has 0 saturated carbocycles. The van der Waals surface area contributed by atoms with Crippen molar-refractivity contribution in [3.8, 4) is 0 Å². The fourth-order valence-corrected chi connectivity index (χ4v) is 2.90. The molecule has 5 heteroatoms. The summed E-state index contributed by atoms with van der Waals surface area (Å²) >= 11 is 4.49. The van der Waals surface area contributed by atoms with E-state index in [4.69, 9.17) is 9.31 Å². The van der Waals surface area contributed by atoms with E-state index in [0.717, 1.165) is 16.4 Å². The zero-order valence-electron chi connectivity index (χ0n) is 14.0. The first-order valence-electron chi connectivity index (χ1n) is 7.84. The van der Waals surface area contributed by atoms with Gasteiger partial charge in [0.15, 0.2) is 0 Å². The average molecular weight is 327 g/mol. The van der Waals surface area contributed by atoms with Gasteiger partial charge in [0.1, 0.15) is 0 Å². The van der Waals surface area contributed by atoms with Crippen LogP contribution in [0.1, 0.15) is 33.3 Å². The Morgan fingerprint density at radius 2 is 1.87 bits per heavy atom. The summed E-state index contributed by atoms with van der Waals surface area (Å²) in [6.07, 6.45) is 5.81. The largest absolute Gasteiger partial charge is 0.491 e. The zero-order chi connectivity index (χ0) is 16.7. The minimum atomic E-state index is -0.366. The van der Waals surface area contributed by atoms with Gasteiger partial charge in [0.05, 0.1) is 11.2 Å². The summed E-state index contributed by atoms with van der Waals surface area (Å²) in [6.45, 7) is 8.25. The van der Waals surface area contributed by atoms with Crippen LogP contribution >= 0.6 is 12.6 Å². The van der Waals surface area contributed by atoms with Gasteiger partial charge in [0.25, 0.3) is 0 Å². The molecule has 1 aromatic carbocycles. The van der Waals surface area contributed by atoms with Crippen LogP contribution in [0.5, 0.6) is 0 Å². The molecule has 0 unspecified atom stereocenters. The molecular formula is C18H22BNO2S. The van der Waals surface area contributed by atoms with E-state index in [-0.39, 0.29) is 18.3 Å². The molecule has 120 valence electrons. The van der Waals surface area contributed by atoms with Gasteiger partial charge in [-0.3, -0.25) is 4.98 Å². The third-order valence-corrected chi connectivity index (χ3v) is 5.16. The van der Waals surface area contributed by atoms with Crippen molar-refractivity contribution in [2.45, 2.75) is 38.9 Å². The molecule has 0 radical (unpaired) electrons. The first-order chi connectivity index (χ1) is 10.8. The molecule has 0 N–H and O–H groups in total. The summed E-state index contributed by atoms with van der Waals surface area (Å²) in [5.74, 6) is 0.582. The molecule has 2 aromatic rings. The van der Waals surface area contributed by atoms with Crippen molar-refractivity contribution in [3.63, 3.8) is 0 Å². The van der Waals surface area contributed by atoms with Crippen LogP contribution in [0.3, 0.4) is 0 Å². The van der Waals surface area contributed by atoms with Crippen LogP contribution in [0.15, 0.2) is 42.1 Å². The highest BCUT2D eigenvalue weighted by molar-refractivity contribution is 7.80. The lowest BCUT2D eigenvalue weighted by Crippen LogP contribution is -2.41. The second-order valence-corrected chi connectivity index (χ2v) is 7.23. The van der Waals surface area contributed by atoms with E-state index < -0.39 is 0 Å². The fourth-order valence-electron chi connectivity index (χ4n) is 2.66. The quantitative estimate of drug-likeness (QED) is 0.678. The van der Waals surface area contributed by atoms with E-state index in [1.54, 1.807) is 0 Å². The van der Waals surface area contributed by atoms with Crippen LogP contribution in [-0.2, 0) is 9.31 Å². The van der Waals surface area contributed by atoms with E-state index in [2.05, 4.69) is 63.5 Å². The molecule has 1 fully saturated rings. The highest BCUT2D eigenvalue weighted by atomic mass is 32.1. The van der Waals surface area contributed by atoms with Gasteiger partial charge in [0, 0.05) is 23.5 Å². The van der Waals surface area contributed by atoms with Crippen LogP contribution in [0.25, 0.3) is 16.8 Å². The maximum Gasteiger partial charge on any atom is 0.491 e. The van der Waals surface area contributed by atoms with Crippen LogP contribution in [0.4, 0.5) is 0 Å². The highest BCUT2D eigenvalue weighted by Gasteiger charge is 2.52. The monoisotopic (exact) mass is 327 g/mol. The first-order valence-corrected chi connectivity index (χ1v) is 8.47. The number of thiol groups is 1. The Labute approximate surface area is 143 Å². The second-order valence-electron chi connectivity index (χ2n) is 6.91. The molecule has 1 aliphatic rings. The lowest BCUT2D eigenvalue weighted by molar-refractivity contribution is 0.00578. The third kappa shape index (κ3) is 3.05. The number of benzene rings is 1. The van der Waals surface area contributed by atoms with Gasteiger partial charge < -0.3 is 9.31 Å². The molecule has 0 amide bonds. The molecule has 0 bridgehead atoms. The summed E-state index contributed by atoms with van der Waals surface area (Å²) < 4.78 is 12.3. The van der Waals surface area contributed by atoms with Crippen molar-refractivity contribution in [2.75, 3.05) is 5.75 Å². The third-order valence-electron chi connectivity index (χ3n) is 4.79. The van der Waals surface area contributed by atoms with Gasteiger partial charge >= 0.3 is 7.12 Å². The van der Waals surface area contributed by atoms with Crippen LogP contribution in [-0.4, -0.2) is 29.1 Å². The van der Waals surface area contributed by atoms with Crippen molar-refractivity contribution in [1.29, 1.82) is 0 Å². The maximum atomic E-state index is 6.15. The zero-order valence-corrected chi connectivity index (χ0v) is 14.9. The minimum Gasteiger partial charge on any atom is -0.400 e. The lowest BCUT2D eigenvalue weighted by atomic mass is 9.78. The fraction of sp³-hybridized carbons (Fsp3) is 0.389. The number of pyridine rings is 1. The smallest absolute Gasteiger partial charge is 0.400 e. The number of hydrogen-bond donors (Lipinski definition) is 1. The predicted octanol–water partition coefficient (Wildman–Crippen LogP) is 4.18. The van der Waals surface area contributed by atoms with E-state index in [0.29, 0.717) is 5.75 Å². The van der Waals surface area contributed by atoms with E-state index in [1.807, 2.05) is 24.5 Å². The first kappa shape index (κ1) is 16.6. The van der Waals surface area contributed by atoms with Crippen LogP contribution in [0.2, 0.25) is 0 Å². The second kappa shape index (κ2) is 5.97. The summed E-state index contributed by atoms with van der Waals surface area (Å²) in [6, 6.07) is 8.23. The number of rotatable bonds is 3. The topological polar surface area (TPSA) is 31.4 Å². The standard InChI is InChI=1S/C18H22BNO2S/c1-17(2)18(3,4)22-19(21-17)15(12-23)10-13-6-5-7-14-11-20-9-8-16(13)14/h5-11,23H,12H2,1-4H3. The Bertz CT molecular complexity index is 736. The Morgan fingerprint density at radius 3 is 2.52 bits per heavy atom. The molecule has 3 nitrogen and oxygen atoms in total. The van der Waals surface area contributed by atoms with Crippen LogP contribution in [0, 0.1) is 0 Å². The Morgan fingerprint density at radius 1 is 1.17 bits per heavy atom. The van der Waals surface area contributed by atoms with E-state index in [1.165, 1.54) is 5.39 Å². The van der Waals surface area contributed by atoms with Gasteiger partial charge in [0.2, 0.25) is 0 Å². The van der Waals surface area contributed by atoms with Crippen molar-refractivity contribution >= 4 is 36.6 Å². The molecule has 3 rings (SSSR count). The molecule has 0 atom stereocenters. The molecule has 0 aliphatic carbocycles. The SMILES string of the molecule is CC1(C)OB(C(=Cc2cccc3cnccc23)CS)OC1(C)C. The Balaban J connectivity index is 1.99. The molecule has 0 spiro atoms. The van der Waals surface area contributed by atoms with Gasteiger partial charge in [-0.1, -0.05) is 24.3 Å². The molecule has 23 heavy (non-hydrogen) atoms.